The summed E-state index contributed by atoms with van der Waals surface area (Å²) in [5.41, 5.74) is 6.97. The number of amidine groups is 1. The molecule has 1 amide bonds. The number of hydrogen-bond acceptors (Lipinski definition) is 6. The first-order valence-electron chi connectivity index (χ1n) is 14.8. The Labute approximate surface area is 261 Å². The number of nitrogens with zero attached hydrogens (tertiary/aromatic N) is 3. The van der Waals surface area contributed by atoms with Gasteiger partial charge in [-0.25, -0.2) is 4.79 Å². The van der Waals surface area contributed by atoms with Crippen molar-refractivity contribution in [2.75, 3.05) is 6.61 Å². The Balaban J connectivity index is 1.37. The highest BCUT2D eigenvalue weighted by Crippen LogP contribution is 2.40. The molecule has 1 aliphatic heterocycles. The first kappa shape index (κ1) is 29.2. The topological polar surface area (TPSA) is 63.9 Å². The summed E-state index contributed by atoms with van der Waals surface area (Å²) < 4.78 is 7.69. The predicted molar refractivity (Wildman–Crippen MR) is 176 cm³/mol. The first-order valence-corrected chi connectivity index (χ1v) is 16.4. The van der Waals surface area contributed by atoms with E-state index in [2.05, 4.69) is 24.5 Å². The van der Waals surface area contributed by atoms with Crippen molar-refractivity contribution in [2.24, 2.45) is 4.99 Å². The smallest absolute Gasteiger partial charge is 0.341 e. The number of thioether (sulfide) groups is 1. The normalized spacial score (nSPS) is 16.7. The quantitative estimate of drug-likeness (QED) is 0.151. The molecule has 2 aromatic heterocycles. The van der Waals surface area contributed by atoms with E-state index in [1.165, 1.54) is 16.6 Å². The van der Waals surface area contributed by atoms with Crippen molar-refractivity contribution in [1.29, 1.82) is 0 Å². The number of rotatable bonds is 8. The lowest BCUT2D eigenvalue weighted by Gasteiger charge is -2.15. The summed E-state index contributed by atoms with van der Waals surface area (Å²) >= 11 is 3.13. The number of carbonyl (C=O) groups excluding carboxylic acids is 2. The van der Waals surface area contributed by atoms with E-state index in [1.54, 1.807) is 16.2 Å². The molecule has 0 bridgehead atoms. The lowest BCUT2D eigenvalue weighted by molar-refractivity contribution is -0.122. The highest BCUT2D eigenvalue weighted by molar-refractivity contribution is 8.18. The van der Waals surface area contributed by atoms with Crippen LogP contribution >= 0.6 is 23.1 Å². The number of carbonyl (C=O) groups is 2. The number of hydrogen-bond donors (Lipinski definition) is 0. The molecule has 220 valence electrons. The van der Waals surface area contributed by atoms with Gasteiger partial charge < -0.3 is 9.30 Å². The highest BCUT2D eigenvalue weighted by Gasteiger charge is 2.34. The summed E-state index contributed by atoms with van der Waals surface area (Å²) in [5, 5.41) is 1.62. The number of amides is 1. The number of ether oxygens (including phenoxy) is 1. The van der Waals surface area contributed by atoms with Gasteiger partial charge in [0.1, 0.15) is 5.00 Å². The molecule has 0 N–H and O–H groups in total. The second-order valence-corrected chi connectivity index (χ2v) is 12.9. The average molecular weight is 610 g/mol. The number of aryl methyl sites for hydroxylation is 2. The van der Waals surface area contributed by atoms with Gasteiger partial charge in [0, 0.05) is 16.3 Å². The van der Waals surface area contributed by atoms with E-state index in [9.17, 15) is 9.59 Å². The van der Waals surface area contributed by atoms with E-state index in [1.807, 2.05) is 73.7 Å². The Bertz CT molecular complexity index is 1720. The minimum absolute atomic E-state index is 0.0516. The van der Waals surface area contributed by atoms with Crippen molar-refractivity contribution in [3.63, 3.8) is 0 Å². The molecule has 0 atom stereocenters. The SMILES string of the molecule is CCOC(=O)c1c(-n2c(C)cc(/C=C3/SC(=NCc4ccccc4)N(Cc4ccccc4)C3=O)c2C)sc2c1CCCC2. The van der Waals surface area contributed by atoms with Crippen molar-refractivity contribution >= 4 is 46.2 Å². The predicted octanol–water partition coefficient (Wildman–Crippen LogP) is 7.88. The van der Waals surface area contributed by atoms with E-state index >= 15 is 0 Å². The van der Waals surface area contributed by atoms with Crippen LogP contribution in [-0.2, 0) is 35.5 Å². The van der Waals surface area contributed by atoms with Crippen LogP contribution in [0.15, 0.2) is 76.6 Å². The van der Waals surface area contributed by atoms with Gasteiger partial charge in [-0.1, -0.05) is 60.7 Å². The Morgan fingerprint density at radius 1 is 1.00 bits per heavy atom. The Kier molecular flexibility index (Phi) is 8.68. The third kappa shape index (κ3) is 5.99. The van der Waals surface area contributed by atoms with Gasteiger partial charge in [0.25, 0.3) is 5.91 Å². The molecule has 0 unspecified atom stereocenters. The number of thiophene rings is 1. The number of aliphatic imine (C=N–C) groups is 1. The second kappa shape index (κ2) is 12.8. The van der Waals surface area contributed by atoms with Gasteiger partial charge in [-0.15, -0.1) is 11.3 Å². The summed E-state index contributed by atoms with van der Waals surface area (Å²) in [6.07, 6.45) is 6.11. The molecule has 2 aliphatic rings. The largest absolute Gasteiger partial charge is 0.462 e. The summed E-state index contributed by atoms with van der Waals surface area (Å²) in [4.78, 5) is 35.6. The highest BCUT2D eigenvalue weighted by atomic mass is 32.2. The van der Waals surface area contributed by atoms with Crippen LogP contribution in [0.2, 0.25) is 0 Å². The fraction of sp³-hybridized carbons (Fsp3) is 0.286. The zero-order valence-corrected chi connectivity index (χ0v) is 26.4. The van der Waals surface area contributed by atoms with Crippen molar-refractivity contribution < 1.29 is 14.3 Å². The third-order valence-corrected chi connectivity index (χ3v) is 10.2. The van der Waals surface area contributed by atoms with Crippen LogP contribution in [0.1, 0.15) is 68.6 Å². The van der Waals surface area contributed by atoms with Gasteiger partial charge in [-0.05, 0) is 92.6 Å². The van der Waals surface area contributed by atoms with Crippen molar-refractivity contribution in [3.8, 4) is 5.00 Å². The first-order chi connectivity index (χ1) is 20.9. The standard InChI is InChI=1S/C35H35N3O3S2/c1-4-41-34(40)31-28-17-11-12-18-29(28)42-33(31)38-23(2)19-27(24(38)3)20-30-32(39)37(22-26-15-9-6-10-16-26)35(43-30)36-21-25-13-7-5-8-14-25/h5-10,13-16,19-20H,4,11-12,17-18,21-22H2,1-3H3/b30-20+,36-35?. The van der Waals surface area contributed by atoms with Gasteiger partial charge in [0.05, 0.1) is 30.2 Å². The fourth-order valence-electron chi connectivity index (χ4n) is 5.78. The molecule has 3 heterocycles. The van der Waals surface area contributed by atoms with Gasteiger partial charge in [-0.2, -0.15) is 0 Å². The number of esters is 1. The molecule has 6 rings (SSSR count). The molecule has 8 heteroatoms. The third-order valence-electron chi connectivity index (χ3n) is 7.90. The minimum atomic E-state index is -0.248. The number of aromatic nitrogens is 1. The van der Waals surface area contributed by atoms with Crippen molar-refractivity contribution in [2.45, 2.75) is 59.5 Å². The summed E-state index contributed by atoms with van der Waals surface area (Å²) in [6.45, 7) is 7.27. The van der Waals surface area contributed by atoms with Crippen LogP contribution in [0, 0.1) is 13.8 Å². The maximum Gasteiger partial charge on any atom is 0.341 e. The molecule has 6 nitrogen and oxygen atoms in total. The number of fused-ring (bicyclic) bond motifs is 1. The van der Waals surface area contributed by atoms with Gasteiger partial charge in [-0.3, -0.25) is 14.7 Å². The average Bonchev–Trinajstić information content (AvgIpc) is 3.63. The van der Waals surface area contributed by atoms with E-state index < -0.39 is 0 Å². The Morgan fingerprint density at radius 2 is 1.70 bits per heavy atom. The maximum absolute atomic E-state index is 13.8. The summed E-state index contributed by atoms with van der Waals surface area (Å²) in [5.74, 6) is -0.300. The molecule has 0 radical (unpaired) electrons. The van der Waals surface area contributed by atoms with Gasteiger partial charge in [0.15, 0.2) is 5.17 Å². The minimum Gasteiger partial charge on any atom is -0.462 e. The van der Waals surface area contributed by atoms with Crippen LogP contribution in [0.25, 0.3) is 11.1 Å². The zero-order valence-electron chi connectivity index (χ0n) is 24.8. The molecule has 0 spiro atoms. The van der Waals surface area contributed by atoms with Crippen molar-refractivity contribution in [3.05, 3.63) is 116 Å². The summed E-state index contributed by atoms with van der Waals surface area (Å²) in [7, 11) is 0. The van der Waals surface area contributed by atoms with Gasteiger partial charge >= 0.3 is 5.97 Å². The second-order valence-electron chi connectivity index (χ2n) is 10.8. The molecule has 1 aliphatic carbocycles. The monoisotopic (exact) mass is 609 g/mol. The molecule has 0 saturated carbocycles. The van der Waals surface area contributed by atoms with Crippen LogP contribution in [0.4, 0.5) is 0 Å². The van der Waals surface area contributed by atoms with E-state index in [0.717, 1.165) is 64.3 Å². The van der Waals surface area contributed by atoms with Crippen LogP contribution < -0.4 is 0 Å². The molecular weight excluding hydrogens is 575 g/mol. The fourth-order valence-corrected chi connectivity index (χ4v) is 8.24. The summed E-state index contributed by atoms with van der Waals surface area (Å²) in [6, 6.07) is 22.2. The lowest BCUT2D eigenvalue weighted by atomic mass is 9.95. The molecule has 1 saturated heterocycles. The molecule has 1 fully saturated rings. The maximum atomic E-state index is 13.8. The zero-order chi connectivity index (χ0) is 29.9. The van der Waals surface area contributed by atoms with Crippen molar-refractivity contribution in [1.82, 2.24) is 9.47 Å². The molecule has 43 heavy (non-hydrogen) atoms. The molecule has 2 aromatic carbocycles. The van der Waals surface area contributed by atoms with E-state index in [-0.39, 0.29) is 11.9 Å². The Morgan fingerprint density at radius 3 is 2.42 bits per heavy atom. The van der Waals surface area contributed by atoms with Crippen LogP contribution in [0.5, 0.6) is 0 Å². The van der Waals surface area contributed by atoms with E-state index in [0.29, 0.717) is 35.3 Å². The lowest BCUT2D eigenvalue weighted by Crippen LogP contribution is -2.28. The molecular formula is C35H35N3O3S2. The molecule has 4 aromatic rings. The van der Waals surface area contributed by atoms with Crippen LogP contribution in [0.3, 0.4) is 0 Å². The Hall–Kier alpha value is -3.88. The van der Waals surface area contributed by atoms with E-state index in [4.69, 9.17) is 9.73 Å². The van der Waals surface area contributed by atoms with Crippen LogP contribution in [-0.4, -0.2) is 33.1 Å². The van der Waals surface area contributed by atoms with Gasteiger partial charge in [0.2, 0.25) is 0 Å². The number of benzene rings is 2.